The van der Waals surface area contributed by atoms with Crippen LogP contribution >= 0.6 is 11.3 Å². The molecule has 1 amide bonds. The van der Waals surface area contributed by atoms with Gasteiger partial charge in [-0.3, -0.25) is 0 Å². The predicted molar refractivity (Wildman–Crippen MR) is 97.4 cm³/mol. The summed E-state index contributed by atoms with van der Waals surface area (Å²) >= 11 is 1.66. The van der Waals surface area contributed by atoms with Gasteiger partial charge in [0.05, 0.1) is 4.88 Å². The average Bonchev–Trinajstić information content (AvgIpc) is 3.04. The number of rotatable bonds is 6. The number of carbonyl (C=O) groups excluding carboxylic acids is 1. The third-order valence-corrected chi connectivity index (χ3v) is 5.50. The van der Waals surface area contributed by atoms with Gasteiger partial charge in [-0.2, -0.15) is 0 Å². The van der Waals surface area contributed by atoms with E-state index in [0.29, 0.717) is 11.7 Å². The Balaban J connectivity index is 1.44. The van der Waals surface area contributed by atoms with E-state index in [9.17, 15) is 4.79 Å². The summed E-state index contributed by atoms with van der Waals surface area (Å²) in [5.41, 5.74) is 6.50. The van der Waals surface area contributed by atoms with Gasteiger partial charge in [-0.05, 0) is 61.7 Å². The number of hydrogen-bond donors (Lipinski definition) is 1. The quantitative estimate of drug-likeness (QED) is 0.867. The fourth-order valence-corrected chi connectivity index (χ4v) is 4.20. The van der Waals surface area contributed by atoms with Crippen LogP contribution in [-0.4, -0.2) is 30.6 Å². The lowest BCUT2D eigenvalue weighted by molar-refractivity contribution is 0.208. The third-order valence-electron chi connectivity index (χ3n) is 4.44. The van der Waals surface area contributed by atoms with Crippen LogP contribution in [0.5, 0.6) is 5.75 Å². The highest BCUT2D eigenvalue weighted by Gasteiger charge is 2.24. The number of nitrogens with zero attached hydrogens (tertiary/aromatic N) is 1. The molecule has 1 aliphatic heterocycles. The highest BCUT2D eigenvalue weighted by molar-refractivity contribution is 7.10. The molecule has 24 heavy (non-hydrogen) atoms. The minimum absolute atomic E-state index is 0.463. The molecule has 2 aromatic rings. The van der Waals surface area contributed by atoms with Crippen LogP contribution in [0.1, 0.15) is 29.2 Å². The van der Waals surface area contributed by atoms with E-state index in [0.717, 1.165) is 43.8 Å². The molecule has 0 unspecified atom stereocenters. The lowest BCUT2D eigenvalue weighted by Gasteiger charge is -2.31. The van der Waals surface area contributed by atoms with Crippen molar-refractivity contribution in [2.75, 3.05) is 19.6 Å². The first kappa shape index (κ1) is 17.0. The monoisotopic (exact) mass is 343 g/mol. The molecule has 1 saturated heterocycles. The van der Waals surface area contributed by atoms with E-state index >= 15 is 0 Å². The Bertz CT molecular complexity index is 648. The van der Waals surface area contributed by atoms with Crippen LogP contribution in [0.15, 0.2) is 41.8 Å². The van der Waals surface area contributed by atoms with Crippen molar-refractivity contribution in [1.29, 1.82) is 0 Å². The van der Waals surface area contributed by atoms with Crippen LogP contribution in [0.25, 0.3) is 0 Å². The van der Waals surface area contributed by atoms with Gasteiger partial charge in [0.1, 0.15) is 5.75 Å². The molecule has 0 saturated carbocycles. The molecule has 3 rings (SSSR count). The molecular formula is C19H23N2O2S. The van der Waals surface area contributed by atoms with Gasteiger partial charge in [0.15, 0.2) is 0 Å². The summed E-state index contributed by atoms with van der Waals surface area (Å²) in [6, 6.07) is 12.4. The Morgan fingerprint density at radius 2 is 2.00 bits per heavy atom. The molecule has 1 radical (unpaired) electrons. The number of piperidine rings is 1. The van der Waals surface area contributed by atoms with Crippen LogP contribution in [0, 0.1) is 6.42 Å². The maximum atomic E-state index is 11.0. The highest BCUT2D eigenvalue weighted by atomic mass is 32.1. The number of nitrogens with two attached hydrogens (primary N) is 1. The Labute approximate surface area is 147 Å². The van der Waals surface area contributed by atoms with Crippen LogP contribution in [-0.2, 0) is 6.42 Å². The number of hydrogen-bond acceptors (Lipinski definition) is 4. The number of carbonyl (C=O) groups is 1. The molecular weight excluding hydrogens is 320 g/mol. The molecule has 1 aromatic carbocycles. The van der Waals surface area contributed by atoms with E-state index in [1.165, 1.54) is 5.56 Å². The van der Waals surface area contributed by atoms with E-state index in [2.05, 4.69) is 41.7 Å². The number of ether oxygens (including phenoxy) is 1. The molecule has 2 N–H and O–H groups in total. The van der Waals surface area contributed by atoms with Gasteiger partial charge in [0.25, 0.3) is 0 Å². The van der Waals surface area contributed by atoms with E-state index in [1.54, 1.807) is 11.3 Å². The van der Waals surface area contributed by atoms with Crippen molar-refractivity contribution in [2.24, 2.45) is 5.73 Å². The van der Waals surface area contributed by atoms with Gasteiger partial charge < -0.3 is 15.4 Å². The molecule has 127 valence electrons. The predicted octanol–water partition coefficient (Wildman–Crippen LogP) is 3.83. The number of benzene rings is 1. The molecule has 0 spiro atoms. The summed E-state index contributed by atoms with van der Waals surface area (Å²) in [4.78, 5) is 14.6. The van der Waals surface area contributed by atoms with Gasteiger partial charge >= 0.3 is 6.09 Å². The van der Waals surface area contributed by atoms with Gasteiger partial charge in [0.2, 0.25) is 0 Å². The second-order valence-corrected chi connectivity index (χ2v) is 7.07. The van der Waals surface area contributed by atoms with Crippen molar-refractivity contribution in [2.45, 2.75) is 25.2 Å². The van der Waals surface area contributed by atoms with E-state index in [4.69, 9.17) is 10.5 Å². The first-order chi connectivity index (χ1) is 11.7. The molecule has 4 nitrogen and oxygen atoms in total. The summed E-state index contributed by atoms with van der Waals surface area (Å²) in [5, 5.41) is 1.97. The molecule has 1 aliphatic rings. The Morgan fingerprint density at radius 3 is 2.71 bits per heavy atom. The summed E-state index contributed by atoms with van der Waals surface area (Å²) in [6.07, 6.45) is 4.82. The SMILES string of the molecule is NC(=O)Oc1ccsc1C1CCN(C[CH]Cc2ccccc2)CC1. The molecule has 1 fully saturated rings. The standard InChI is InChI=1S/C19H23N2O2S/c20-19(22)23-17-10-14-24-18(17)16-8-12-21(13-9-16)11-4-7-15-5-2-1-3-6-15/h1-6,10,14,16H,7-9,11-13H2,(H2,20,22). The van der Waals surface area contributed by atoms with E-state index in [1.807, 2.05) is 11.4 Å². The smallest absolute Gasteiger partial charge is 0.409 e. The zero-order valence-electron chi connectivity index (χ0n) is 13.7. The molecule has 0 bridgehead atoms. The highest BCUT2D eigenvalue weighted by Crippen LogP contribution is 2.38. The van der Waals surface area contributed by atoms with Crippen molar-refractivity contribution >= 4 is 17.4 Å². The Morgan fingerprint density at radius 1 is 1.25 bits per heavy atom. The second-order valence-electron chi connectivity index (χ2n) is 6.12. The topological polar surface area (TPSA) is 55.6 Å². The first-order valence-electron chi connectivity index (χ1n) is 8.35. The fourth-order valence-electron chi connectivity index (χ4n) is 3.21. The van der Waals surface area contributed by atoms with Crippen molar-refractivity contribution in [3.05, 3.63) is 58.6 Å². The maximum absolute atomic E-state index is 11.0. The summed E-state index contributed by atoms with van der Waals surface area (Å²) in [6.45, 7) is 3.17. The van der Waals surface area contributed by atoms with Crippen molar-refractivity contribution in [1.82, 2.24) is 4.90 Å². The minimum atomic E-state index is -0.734. The summed E-state index contributed by atoms with van der Waals surface area (Å²) < 4.78 is 5.11. The van der Waals surface area contributed by atoms with E-state index in [-0.39, 0.29) is 0 Å². The molecule has 0 atom stereocenters. The first-order valence-corrected chi connectivity index (χ1v) is 9.23. The molecule has 5 heteroatoms. The number of thiophene rings is 1. The van der Waals surface area contributed by atoms with Crippen LogP contribution < -0.4 is 10.5 Å². The summed E-state index contributed by atoms with van der Waals surface area (Å²) in [5.74, 6) is 1.10. The molecule has 1 aromatic heterocycles. The van der Waals surface area contributed by atoms with Crippen LogP contribution in [0.3, 0.4) is 0 Å². The van der Waals surface area contributed by atoms with Gasteiger partial charge in [-0.15, -0.1) is 11.3 Å². The van der Waals surface area contributed by atoms with Crippen molar-refractivity contribution < 1.29 is 9.53 Å². The number of amides is 1. The number of likely N-dealkylation sites (tertiary alicyclic amines) is 1. The lowest BCUT2D eigenvalue weighted by atomic mass is 9.94. The normalized spacial score (nSPS) is 16.2. The fraction of sp³-hybridized carbons (Fsp3) is 0.368. The zero-order chi connectivity index (χ0) is 16.8. The van der Waals surface area contributed by atoms with E-state index < -0.39 is 6.09 Å². The van der Waals surface area contributed by atoms with Crippen LogP contribution in [0.2, 0.25) is 0 Å². The molecule has 0 aliphatic carbocycles. The number of primary amides is 1. The van der Waals surface area contributed by atoms with Gasteiger partial charge in [-0.1, -0.05) is 30.3 Å². The van der Waals surface area contributed by atoms with Crippen molar-refractivity contribution in [3.63, 3.8) is 0 Å². The zero-order valence-corrected chi connectivity index (χ0v) is 14.5. The van der Waals surface area contributed by atoms with Crippen LogP contribution in [0.4, 0.5) is 4.79 Å². The lowest BCUT2D eigenvalue weighted by Crippen LogP contribution is -2.34. The average molecular weight is 343 g/mol. The Kier molecular flexibility index (Phi) is 5.88. The second kappa shape index (κ2) is 8.31. The Hall–Kier alpha value is -1.85. The largest absolute Gasteiger partial charge is 0.410 e. The van der Waals surface area contributed by atoms with Gasteiger partial charge in [-0.25, -0.2) is 4.79 Å². The molecule has 2 heterocycles. The summed E-state index contributed by atoms with van der Waals surface area (Å²) in [7, 11) is 0. The maximum Gasteiger partial charge on any atom is 0.410 e. The third kappa shape index (κ3) is 4.58. The minimum Gasteiger partial charge on any atom is -0.409 e. The van der Waals surface area contributed by atoms with Gasteiger partial charge in [0, 0.05) is 6.54 Å². The van der Waals surface area contributed by atoms with Crippen molar-refractivity contribution in [3.8, 4) is 5.75 Å².